The minimum absolute atomic E-state index is 0.175. The van der Waals surface area contributed by atoms with E-state index in [1.165, 1.54) is 6.26 Å². The first-order chi connectivity index (χ1) is 12.0. The molecule has 25 heavy (non-hydrogen) atoms. The molecule has 0 spiro atoms. The van der Waals surface area contributed by atoms with E-state index in [-0.39, 0.29) is 17.7 Å². The summed E-state index contributed by atoms with van der Waals surface area (Å²) in [6.45, 7) is 2.15. The number of rotatable bonds is 4. The van der Waals surface area contributed by atoms with Crippen LogP contribution in [0.2, 0.25) is 0 Å². The molecule has 1 fully saturated rings. The Balaban J connectivity index is 1.74. The van der Waals surface area contributed by atoms with Gasteiger partial charge in [0.15, 0.2) is 5.76 Å². The molecule has 1 aromatic carbocycles. The standard InChI is InChI=1S/C18H18N2O5/c1-11-14(18(23)24)7-8-20(11)17(22)12-4-2-5-13(10-12)19-16(21)15-6-3-9-25-15/h2-6,9-11,14H,7-8H2,1H3,(H,19,21)(H,23,24). The van der Waals surface area contributed by atoms with Gasteiger partial charge < -0.3 is 19.7 Å². The van der Waals surface area contributed by atoms with Gasteiger partial charge in [0.05, 0.1) is 12.2 Å². The van der Waals surface area contributed by atoms with Crippen molar-refractivity contribution < 1.29 is 23.9 Å². The third kappa shape index (κ3) is 3.40. The van der Waals surface area contributed by atoms with Crippen LogP contribution in [0.1, 0.15) is 34.3 Å². The van der Waals surface area contributed by atoms with Crippen LogP contribution in [0.5, 0.6) is 0 Å². The molecule has 0 bridgehead atoms. The number of carbonyl (C=O) groups is 3. The summed E-state index contributed by atoms with van der Waals surface area (Å²) < 4.78 is 5.03. The molecule has 2 amide bonds. The van der Waals surface area contributed by atoms with Crippen LogP contribution >= 0.6 is 0 Å². The number of hydrogen-bond acceptors (Lipinski definition) is 4. The number of hydrogen-bond donors (Lipinski definition) is 2. The topological polar surface area (TPSA) is 99.9 Å². The number of likely N-dealkylation sites (tertiary alicyclic amines) is 1. The molecule has 7 nitrogen and oxygen atoms in total. The van der Waals surface area contributed by atoms with Gasteiger partial charge in [-0.1, -0.05) is 6.07 Å². The van der Waals surface area contributed by atoms with Crippen molar-refractivity contribution >= 4 is 23.5 Å². The first-order valence-corrected chi connectivity index (χ1v) is 7.96. The van der Waals surface area contributed by atoms with Crippen LogP contribution < -0.4 is 5.32 Å². The monoisotopic (exact) mass is 342 g/mol. The molecule has 0 saturated carbocycles. The zero-order chi connectivity index (χ0) is 18.0. The molecule has 2 heterocycles. The lowest BCUT2D eigenvalue weighted by Gasteiger charge is -2.23. The van der Waals surface area contributed by atoms with E-state index in [1.54, 1.807) is 48.2 Å². The zero-order valence-electron chi connectivity index (χ0n) is 13.6. The van der Waals surface area contributed by atoms with E-state index >= 15 is 0 Å². The SMILES string of the molecule is CC1C(C(=O)O)CCN1C(=O)c1cccc(NC(=O)c2ccco2)c1. The van der Waals surface area contributed by atoms with Crippen LogP contribution in [-0.4, -0.2) is 40.4 Å². The largest absolute Gasteiger partial charge is 0.481 e. The average Bonchev–Trinajstić information content (AvgIpc) is 3.24. The summed E-state index contributed by atoms with van der Waals surface area (Å²) in [5.41, 5.74) is 0.865. The van der Waals surface area contributed by atoms with Crippen LogP contribution in [-0.2, 0) is 4.79 Å². The van der Waals surface area contributed by atoms with E-state index in [4.69, 9.17) is 4.42 Å². The molecule has 1 saturated heterocycles. The van der Waals surface area contributed by atoms with E-state index in [0.717, 1.165) is 0 Å². The zero-order valence-corrected chi connectivity index (χ0v) is 13.6. The van der Waals surface area contributed by atoms with Crippen molar-refractivity contribution in [3.05, 3.63) is 54.0 Å². The number of carboxylic acid groups (broad SMARTS) is 1. The van der Waals surface area contributed by atoms with Gasteiger partial charge in [0.25, 0.3) is 11.8 Å². The molecule has 2 unspecified atom stereocenters. The summed E-state index contributed by atoms with van der Waals surface area (Å²) in [7, 11) is 0. The third-order valence-corrected chi connectivity index (χ3v) is 4.45. The maximum Gasteiger partial charge on any atom is 0.308 e. The van der Waals surface area contributed by atoms with Crippen LogP contribution in [0.15, 0.2) is 47.1 Å². The number of furan rings is 1. The van der Waals surface area contributed by atoms with Gasteiger partial charge in [-0.2, -0.15) is 0 Å². The highest BCUT2D eigenvalue weighted by Gasteiger charge is 2.38. The Morgan fingerprint density at radius 3 is 2.68 bits per heavy atom. The van der Waals surface area contributed by atoms with Crippen LogP contribution in [0.25, 0.3) is 0 Å². The van der Waals surface area contributed by atoms with Gasteiger partial charge in [0, 0.05) is 23.8 Å². The minimum atomic E-state index is -0.887. The summed E-state index contributed by atoms with van der Waals surface area (Å²) in [6.07, 6.45) is 1.85. The summed E-state index contributed by atoms with van der Waals surface area (Å²) in [6, 6.07) is 9.35. The highest BCUT2D eigenvalue weighted by molar-refractivity contribution is 6.03. The molecule has 130 valence electrons. The predicted octanol–water partition coefficient (Wildman–Crippen LogP) is 2.47. The molecule has 2 aromatic rings. The number of aliphatic carboxylic acids is 1. The molecule has 7 heteroatoms. The van der Waals surface area contributed by atoms with Gasteiger partial charge in [-0.05, 0) is 43.7 Å². The number of carboxylic acids is 1. The number of amides is 2. The second-order valence-corrected chi connectivity index (χ2v) is 5.98. The van der Waals surface area contributed by atoms with Crippen molar-refractivity contribution in [2.45, 2.75) is 19.4 Å². The molecular formula is C18H18N2O5. The van der Waals surface area contributed by atoms with Crippen molar-refractivity contribution in [2.75, 3.05) is 11.9 Å². The van der Waals surface area contributed by atoms with Crippen LogP contribution in [0, 0.1) is 5.92 Å². The molecule has 0 aliphatic carbocycles. The highest BCUT2D eigenvalue weighted by atomic mass is 16.4. The fourth-order valence-corrected chi connectivity index (χ4v) is 3.05. The highest BCUT2D eigenvalue weighted by Crippen LogP contribution is 2.26. The van der Waals surface area contributed by atoms with Gasteiger partial charge in [0.2, 0.25) is 0 Å². The van der Waals surface area contributed by atoms with Crippen LogP contribution in [0.4, 0.5) is 5.69 Å². The lowest BCUT2D eigenvalue weighted by atomic mass is 10.0. The van der Waals surface area contributed by atoms with Crippen LogP contribution in [0.3, 0.4) is 0 Å². The Labute approximate surface area is 144 Å². The number of benzene rings is 1. The molecule has 0 radical (unpaired) electrons. The first-order valence-electron chi connectivity index (χ1n) is 7.96. The lowest BCUT2D eigenvalue weighted by Crippen LogP contribution is -2.37. The number of nitrogens with zero attached hydrogens (tertiary/aromatic N) is 1. The van der Waals surface area contributed by atoms with E-state index in [2.05, 4.69) is 5.32 Å². The number of anilines is 1. The Kier molecular flexibility index (Phi) is 4.56. The third-order valence-electron chi connectivity index (χ3n) is 4.45. The van der Waals surface area contributed by atoms with E-state index in [1.807, 2.05) is 0 Å². The van der Waals surface area contributed by atoms with Crippen molar-refractivity contribution in [3.8, 4) is 0 Å². The van der Waals surface area contributed by atoms with Gasteiger partial charge >= 0.3 is 5.97 Å². The second kappa shape index (κ2) is 6.80. The molecule has 3 rings (SSSR count). The average molecular weight is 342 g/mol. The fourth-order valence-electron chi connectivity index (χ4n) is 3.05. The Morgan fingerprint density at radius 1 is 1.24 bits per heavy atom. The number of nitrogens with one attached hydrogen (secondary N) is 1. The van der Waals surface area contributed by atoms with Gasteiger partial charge in [0.1, 0.15) is 0 Å². The quantitative estimate of drug-likeness (QED) is 0.889. The van der Waals surface area contributed by atoms with Crippen molar-refractivity contribution in [3.63, 3.8) is 0 Å². The predicted molar refractivity (Wildman–Crippen MR) is 89.3 cm³/mol. The number of carbonyl (C=O) groups excluding carboxylic acids is 2. The maximum atomic E-state index is 12.7. The van der Waals surface area contributed by atoms with Gasteiger partial charge in [-0.25, -0.2) is 0 Å². The van der Waals surface area contributed by atoms with Gasteiger partial charge in [-0.3, -0.25) is 14.4 Å². The molecule has 1 aliphatic heterocycles. The van der Waals surface area contributed by atoms with E-state index in [9.17, 15) is 19.5 Å². The summed E-state index contributed by atoms with van der Waals surface area (Å²) in [5, 5.41) is 11.9. The lowest BCUT2D eigenvalue weighted by molar-refractivity contribution is -0.142. The molecule has 2 atom stereocenters. The summed E-state index contributed by atoms with van der Waals surface area (Å²) >= 11 is 0. The van der Waals surface area contributed by atoms with Crippen molar-refractivity contribution in [2.24, 2.45) is 5.92 Å². The minimum Gasteiger partial charge on any atom is -0.481 e. The Morgan fingerprint density at radius 2 is 2.04 bits per heavy atom. The normalized spacial score (nSPS) is 19.6. The summed E-state index contributed by atoms with van der Waals surface area (Å²) in [4.78, 5) is 37.5. The molecule has 1 aliphatic rings. The second-order valence-electron chi connectivity index (χ2n) is 5.98. The Hall–Kier alpha value is -3.09. The fraction of sp³-hybridized carbons (Fsp3) is 0.278. The molecule has 1 aromatic heterocycles. The smallest absolute Gasteiger partial charge is 0.308 e. The first kappa shape index (κ1) is 16.8. The van der Waals surface area contributed by atoms with Gasteiger partial charge in [-0.15, -0.1) is 0 Å². The van der Waals surface area contributed by atoms with E-state index in [0.29, 0.717) is 24.2 Å². The van der Waals surface area contributed by atoms with Crippen molar-refractivity contribution in [1.29, 1.82) is 0 Å². The molecule has 2 N–H and O–H groups in total. The Bertz CT molecular complexity index is 800. The van der Waals surface area contributed by atoms with Crippen molar-refractivity contribution in [1.82, 2.24) is 4.90 Å². The summed E-state index contributed by atoms with van der Waals surface area (Å²) in [5.74, 6) is -1.91. The van der Waals surface area contributed by atoms with E-state index < -0.39 is 17.8 Å². The molecular weight excluding hydrogens is 324 g/mol. The maximum absolute atomic E-state index is 12.7.